The summed E-state index contributed by atoms with van der Waals surface area (Å²) < 4.78 is 41.1. The van der Waals surface area contributed by atoms with Crippen molar-refractivity contribution in [2.24, 2.45) is 0 Å². The lowest BCUT2D eigenvalue weighted by molar-refractivity contribution is -0.140. The first-order valence-electron chi connectivity index (χ1n) is 11.5. The van der Waals surface area contributed by atoms with Gasteiger partial charge in [0.05, 0.1) is 12.0 Å². The van der Waals surface area contributed by atoms with Crippen LogP contribution in [0.4, 0.5) is 0 Å². The molecule has 0 unspecified atom stereocenters. The molecular weight excluding hydrogens is 502 g/mol. The molecule has 2 aliphatic rings. The van der Waals surface area contributed by atoms with Crippen LogP contribution in [0.15, 0.2) is 61.1 Å². The van der Waals surface area contributed by atoms with E-state index in [0.717, 1.165) is 9.87 Å². The smallest absolute Gasteiger partial charge is 0.321 e. The summed E-state index contributed by atoms with van der Waals surface area (Å²) in [6.45, 7) is 1.15. The molecule has 5 rings (SSSR count). The molecule has 1 aromatic heterocycles. The highest BCUT2D eigenvalue weighted by Crippen LogP contribution is 2.32. The van der Waals surface area contributed by atoms with Gasteiger partial charge in [0, 0.05) is 25.7 Å². The zero-order valence-corrected chi connectivity index (χ0v) is 20.4. The lowest BCUT2D eigenvalue weighted by Gasteiger charge is -2.25. The predicted octanol–water partition coefficient (Wildman–Crippen LogP) is 0.491. The molecule has 2 aromatic carbocycles. The van der Waals surface area contributed by atoms with E-state index in [4.69, 9.17) is 9.47 Å². The quantitative estimate of drug-likeness (QED) is 0.361. The number of nitrogens with one attached hydrogen (secondary N) is 2. The third-order valence-corrected chi connectivity index (χ3v) is 7.40. The average molecular weight is 528 g/mol. The fourth-order valence-corrected chi connectivity index (χ4v) is 5.46. The van der Waals surface area contributed by atoms with Crippen LogP contribution in [0.2, 0.25) is 0 Å². The van der Waals surface area contributed by atoms with Crippen molar-refractivity contribution in [1.29, 1.82) is 0 Å². The molecular formula is C24H25N5O7S. The van der Waals surface area contributed by atoms with Gasteiger partial charge in [-0.1, -0.05) is 36.4 Å². The van der Waals surface area contributed by atoms with E-state index in [0.29, 0.717) is 42.5 Å². The average Bonchev–Trinajstić information content (AvgIpc) is 3.40. The molecule has 2 aliphatic heterocycles. The molecule has 0 aliphatic carbocycles. The zero-order chi connectivity index (χ0) is 26.0. The Morgan fingerprint density at radius 2 is 1.86 bits per heavy atom. The lowest BCUT2D eigenvalue weighted by atomic mass is 10.1. The number of aliphatic carboxylic acids is 1. The number of amides is 1. The first-order chi connectivity index (χ1) is 17.8. The van der Waals surface area contributed by atoms with Gasteiger partial charge >= 0.3 is 16.2 Å². The maximum Gasteiger partial charge on any atom is 0.321 e. The number of imidazole rings is 1. The molecule has 0 radical (unpaired) electrons. The second-order valence-corrected chi connectivity index (χ2v) is 10.3. The van der Waals surface area contributed by atoms with Crippen LogP contribution in [0.25, 0.3) is 0 Å². The van der Waals surface area contributed by atoms with E-state index in [1.807, 2.05) is 39.6 Å². The van der Waals surface area contributed by atoms with Crippen molar-refractivity contribution in [3.63, 3.8) is 0 Å². The molecule has 37 heavy (non-hydrogen) atoms. The highest BCUT2D eigenvalue weighted by Gasteiger charge is 2.45. The second kappa shape index (κ2) is 10.2. The van der Waals surface area contributed by atoms with Crippen molar-refractivity contribution in [1.82, 2.24) is 23.9 Å². The van der Waals surface area contributed by atoms with Gasteiger partial charge in [0.2, 0.25) is 0 Å². The second-order valence-electron chi connectivity index (χ2n) is 8.68. The molecule has 3 N–H and O–H groups in total. The van der Waals surface area contributed by atoms with Crippen LogP contribution in [-0.2, 0) is 39.3 Å². The Labute approximate surface area is 213 Å². The van der Waals surface area contributed by atoms with Crippen LogP contribution in [-0.4, -0.2) is 64.7 Å². The summed E-state index contributed by atoms with van der Waals surface area (Å²) in [6, 6.07) is 13.4. The topological polar surface area (TPSA) is 152 Å². The molecule has 3 heterocycles. The number of nitrogens with zero attached hydrogens (tertiary/aromatic N) is 3. The number of carbonyl (C=O) groups excluding carboxylic acids is 1. The summed E-state index contributed by atoms with van der Waals surface area (Å²) in [5.74, 6) is -1.09. The first kappa shape index (κ1) is 24.7. The number of carboxylic acid groups (broad SMARTS) is 1. The maximum absolute atomic E-state index is 12.7. The molecule has 0 saturated carbocycles. The summed E-state index contributed by atoms with van der Waals surface area (Å²) in [5, 5.41) is 12.5. The van der Waals surface area contributed by atoms with Gasteiger partial charge in [0.15, 0.2) is 17.7 Å². The Bertz CT molecular complexity index is 1410. The van der Waals surface area contributed by atoms with E-state index in [1.54, 1.807) is 30.7 Å². The number of hydrogen-bond acceptors (Lipinski definition) is 8. The van der Waals surface area contributed by atoms with Gasteiger partial charge in [-0.15, -0.1) is 0 Å². The fraction of sp³-hybridized carbons (Fsp3) is 0.292. The summed E-state index contributed by atoms with van der Waals surface area (Å²) in [4.78, 5) is 28.9. The molecule has 13 heteroatoms. The summed E-state index contributed by atoms with van der Waals surface area (Å²) >= 11 is 0. The standard InChI is InChI=1S/C24H25N5O7S/c30-23-22(29(37(33,34)27-23)13-17-6-7-20-21(10-17)36-9-8-35-20)26-19(24(31)32)11-18-14-28(15-25-18)12-16-4-2-1-3-5-16/h1-7,10,14-15,19,22,26H,8-9,11-13H2,(H,27,30)(H,31,32)/t19-,22+/m0/s1. The van der Waals surface area contributed by atoms with Gasteiger partial charge in [0.25, 0.3) is 5.91 Å². The van der Waals surface area contributed by atoms with Gasteiger partial charge in [-0.3, -0.25) is 14.9 Å². The Morgan fingerprint density at radius 3 is 2.62 bits per heavy atom. The van der Waals surface area contributed by atoms with E-state index in [9.17, 15) is 23.1 Å². The highest BCUT2D eigenvalue weighted by atomic mass is 32.2. The van der Waals surface area contributed by atoms with Crippen LogP contribution in [0.5, 0.6) is 11.5 Å². The minimum atomic E-state index is -4.19. The molecule has 12 nitrogen and oxygen atoms in total. The summed E-state index contributed by atoms with van der Waals surface area (Å²) in [6.07, 6.45) is 1.84. The van der Waals surface area contributed by atoms with E-state index in [2.05, 4.69) is 10.3 Å². The Hall–Kier alpha value is -3.94. The fourth-order valence-electron chi connectivity index (χ4n) is 4.22. The van der Waals surface area contributed by atoms with Gasteiger partial charge in [0.1, 0.15) is 19.3 Å². The minimum absolute atomic E-state index is 0.0567. The van der Waals surface area contributed by atoms with Crippen LogP contribution >= 0.6 is 0 Å². The molecule has 1 amide bonds. The SMILES string of the molecule is O=C(O)[C@H](Cc1cn(Cc2ccccc2)cn1)N[C@H]1C(=O)NS(=O)(=O)N1Cc1ccc2c(c1)OCCO2. The molecule has 0 spiro atoms. The molecule has 0 bridgehead atoms. The number of carbonyl (C=O) groups is 2. The van der Waals surface area contributed by atoms with Crippen LogP contribution in [0.1, 0.15) is 16.8 Å². The van der Waals surface area contributed by atoms with Crippen LogP contribution < -0.4 is 19.5 Å². The number of benzene rings is 2. The van der Waals surface area contributed by atoms with Gasteiger partial charge < -0.3 is 19.1 Å². The number of ether oxygens (including phenoxy) is 2. The number of fused-ring (bicyclic) bond motifs is 1. The molecule has 1 saturated heterocycles. The Balaban J connectivity index is 1.31. The number of rotatable bonds is 9. The van der Waals surface area contributed by atoms with Crippen molar-refractivity contribution < 1.29 is 32.6 Å². The number of aromatic nitrogens is 2. The Kier molecular flexibility index (Phi) is 6.82. The molecule has 194 valence electrons. The third kappa shape index (κ3) is 5.58. The largest absolute Gasteiger partial charge is 0.486 e. The first-order valence-corrected chi connectivity index (χ1v) is 13.0. The van der Waals surface area contributed by atoms with Crippen molar-refractivity contribution in [2.45, 2.75) is 31.7 Å². The van der Waals surface area contributed by atoms with Crippen LogP contribution in [0.3, 0.4) is 0 Å². The van der Waals surface area contributed by atoms with Crippen LogP contribution in [0, 0.1) is 0 Å². The highest BCUT2D eigenvalue weighted by molar-refractivity contribution is 7.88. The van der Waals surface area contributed by atoms with E-state index in [1.165, 1.54) is 0 Å². The van der Waals surface area contributed by atoms with Crippen molar-refractivity contribution in [2.75, 3.05) is 13.2 Å². The molecule has 2 atom stereocenters. The van der Waals surface area contributed by atoms with Crippen molar-refractivity contribution in [3.05, 3.63) is 77.9 Å². The zero-order valence-electron chi connectivity index (χ0n) is 19.6. The van der Waals surface area contributed by atoms with Gasteiger partial charge in [-0.25, -0.2) is 9.71 Å². The molecule has 1 fully saturated rings. The van der Waals surface area contributed by atoms with E-state index in [-0.39, 0.29) is 13.0 Å². The Morgan fingerprint density at radius 1 is 1.11 bits per heavy atom. The normalized spacial score (nSPS) is 19.4. The van der Waals surface area contributed by atoms with E-state index >= 15 is 0 Å². The predicted molar refractivity (Wildman–Crippen MR) is 130 cm³/mol. The maximum atomic E-state index is 12.7. The minimum Gasteiger partial charge on any atom is -0.486 e. The van der Waals surface area contributed by atoms with Crippen molar-refractivity contribution >= 4 is 22.1 Å². The summed E-state index contributed by atoms with van der Waals surface area (Å²) in [7, 11) is -4.19. The van der Waals surface area contributed by atoms with Crippen molar-refractivity contribution in [3.8, 4) is 11.5 Å². The van der Waals surface area contributed by atoms with E-state index < -0.39 is 34.3 Å². The van der Waals surface area contributed by atoms with Gasteiger partial charge in [-0.05, 0) is 23.3 Å². The summed E-state index contributed by atoms with van der Waals surface area (Å²) in [5.41, 5.74) is 2.08. The molecule has 3 aromatic rings. The lowest BCUT2D eigenvalue weighted by Crippen LogP contribution is -2.53. The third-order valence-electron chi connectivity index (χ3n) is 5.98. The van der Waals surface area contributed by atoms with Gasteiger partial charge in [-0.2, -0.15) is 12.7 Å². The monoisotopic (exact) mass is 527 g/mol. The number of carboxylic acids is 1. The number of hydrogen-bond donors (Lipinski definition) is 3.